The summed E-state index contributed by atoms with van der Waals surface area (Å²) in [5.74, 6) is 0.295. The minimum Gasteiger partial charge on any atom is -0.476 e. The number of fused-ring (bicyclic) bond motifs is 1. The molecule has 4 aromatic rings. The van der Waals surface area contributed by atoms with E-state index in [0.717, 1.165) is 33.4 Å². The number of carboxylic acids is 1. The van der Waals surface area contributed by atoms with Gasteiger partial charge in [0.15, 0.2) is 11.5 Å². The van der Waals surface area contributed by atoms with Crippen LogP contribution in [0.1, 0.15) is 34.6 Å². The maximum Gasteiger partial charge on any atom is 0.356 e. The van der Waals surface area contributed by atoms with E-state index in [1.54, 1.807) is 12.1 Å². The van der Waals surface area contributed by atoms with E-state index in [9.17, 15) is 9.90 Å². The van der Waals surface area contributed by atoms with Gasteiger partial charge in [-0.25, -0.2) is 19.7 Å². The van der Waals surface area contributed by atoms with Gasteiger partial charge >= 0.3 is 5.97 Å². The molecule has 168 valence electrons. The van der Waals surface area contributed by atoms with Crippen molar-refractivity contribution in [3.05, 3.63) is 76.6 Å². The summed E-state index contributed by atoms with van der Waals surface area (Å²) in [5, 5.41) is 13.9. The number of rotatable bonds is 6. The molecule has 8 heteroatoms. The van der Waals surface area contributed by atoms with Crippen LogP contribution in [-0.2, 0) is 0 Å². The van der Waals surface area contributed by atoms with Crippen LogP contribution in [0.25, 0.3) is 22.3 Å². The van der Waals surface area contributed by atoms with Crippen LogP contribution >= 0.6 is 11.6 Å². The van der Waals surface area contributed by atoms with Crippen LogP contribution in [0.2, 0.25) is 5.15 Å². The summed E-state index contributed by atoms with van der Waals surface area (Å²) in [7, 11) is 3.91. The molecule has 0 spiro atoms. The van der Waals surface area contributed by atoms with E-state index in [-0.39, 0.29) is 16.9 Å². The fraction of sp³-hybridized carbons (Fsp3) is 0.200. The van der Waals surface area contributed by atoms with Gasteiger partial charge in [-0.3, -0.25) is 0 Å². The largest absolute Gasteiger partial charge is 0.476 e. The molecule has 2 N–H and O–H groups in total. The lowest BCUT2D eigenvalue weighted by Crippen LogP contribution is -2.15. The van der Waals surface area contributed by atoms with Crippen LogP contribution < -0.4 is 10.2 Å². The number of benzene rings is 2. The first-order valence-corrected chi connectivity index (χ1v) is 10.8. The Kier molecular flexibility index (Phi) is 6.16. The van der Waals surface area contributed by atoms with E-state index in [1.807, 2.05) is 63.2 Å². The molecule has 0 radical (unpaired) electrons. The Morgan fingerprint density at radius 3 is 2.45 bits per heavy atom. The van der Waals surface area contributed by atoms with Crippen molar-refractivity contribution in [3.8, 4) is 11.4 Å². The molecule has 0 aliphatic carbocycles. The highest BCUT2D eigenvalue weighted by molar-refractivity contribution is 6.29. The molecular formula is C25H24ClN5O2. The van der Waals surface area contributed by atoms with Gasteiger partial charge in [-0.05, 0) is 37.6 Å². The number of aromatic nitrogens is 3. The molecule has 1 atom stereocenters. The molecule has 0 saturated carbocycles. The Hall–Kier alpha value is -3.71. The molecule has 4 rings (SSSR count). The minimum atomic E-state index is -1.15. The molecule has 2 heterocycles. The number of nitrogens with one attached hydrogen (secondary N) is 1. The van der Waals surface area contributed by atoms with Crippen molar-refractivity contribution in [3.63, 3.8) is 0 Å². The lowest BCUT2D eigenvalue weighted by atomic mass is 10.00. The van der Waals surface area contributed by atoms with Gasteiger partial charge in [0, 0.05) is 30.6 Å². The van der Waals surface area contributed by atoms with Crippen LogP contribution in [0.5, 0.6) is 0 Å². The lowest BCUT2D eigenvalue weighted by molar-refractivity contribution is 0.0691. The quantitative estimate of drug-likeness (QED) is 0.361. The van der Waals surface area contributed by atoms with Crippen molar-refractivity contribution < 1.29 is 9.90 Å². The second-order valence-corrected chi connectivity index (χ2v) is 8.47. The number of aromatic carboxylic acids is 1. The smallest absolute Gasteiger partial charge is 0.356 e. The zero-order valence-electron chi connectivity index (χ0n) is 18.8. The number of hydrogen-bond donors (Lipinski definition) is 2. The van der Waals surface area contributed by atoms with Crippen molar-refractivity contribution in [2.75, 3.05) is 24.3 Å². The van der Waals surface area contributed by atoms with Crippen molar-refractivity contribution in [2.24, 2.45) is 0 Å². The fourth-order valence-corrected chi connectivity index (χ4v) is 3.95. The van der Waals surface area contributed by atoms with Gasteiger partial charge in [-0.1, -0.05) is 48.0 Å². The number of pyridine rings is 1. The summed E-state index contributed by atoms with van der Waals surface area (Å²) in [4.78, 5) is 27.4. The number of aryl methyl sites for hydroxylation is 1. The van der Waals surface area contributed by atoms with E-state index in [1.165, 1.54) is 0 Å². The summed E-state index contributed by atoms with van der Waals surface area (Å²) in [6, 6.07) is 16.9. The van der Waals surface area contributed by atoms with E-state index in [4.69, 9.17) is 21.6 Å². The highest BCUT2D eigenvalue weighted by Crippen LogP contribution is 2.34. The molecule has 0 aliphatic heterocycles. The second-order valence-electron chi connectivity index (χ2n) is 8.08. The third-order valence-electron chi connectivity index (χ3n) is 5.31. The third-order valence-corrected chi connectivity index (χ3v) is 5.52. The molecule has 2 aromatic carbocycles. The Morgan fingerprint density at radius 1 is 1.06 bits per heavy atom. The molecular weight excluding hydrogens is 438 g/mol. The second kappa shape index (κ2) is 9.03. The Morgan fingerprint density at radius 2 is 1.79 bits per heavy atom. The topological polar surface area (TPSA) is 91.2 Å². The van der Waals surface area contributed by atoms with Gasteiger partial charge < -0.3 is 15.3 Å². The van der Waals surface area contributed by atoms with Crippen LogP contribution in [-0.4, -0.2) is 40.1 Å². The zero-order valence-corrected chi connectivity index (χ0v) is 19.6. The summed E-state index contributed by atoms with van der Waals surface area (Å²) in [5.41, 5.74) is 3.97. The number of hydrogen-bond acceptors (Lipinski definition) is 6. The molecule has 0 bridgehead atoms. The van der Waals surface area contributed by atoms with Crippen molar-refractivity contribution in [2.45, 2.75) is 19.9 Å². The third kappa shape index (κ3) is 4.59. The van der Waals surface area contributed by atoms with Gasteiger partial charge in [-0.2, -0.15) is 0 Å². The summed E-state index contributed by atoms with van der Waals surface area (Å²) in [6.45, 7) is 3.99. The van der Waals surface area contributed by atoms with Crippen LogP contribution in [0.4, 0.5) is 11.5 Å². The van der Waals surface area contributed by atoms with E-state index >= 15 is 0 Å². The van der Waals surface area contributed by atoms with Gasteiger partial charge in [0.2, 0.25) is 0 Å². The first-order chi connectivity index (χ1) is 15.7. The van der Waals surface area contributed by atoms with E-state index < -0.39 is 5.97 Å². The van der Waals surface area contributed by atoms with Crippen LogP contribution in [0, 0.1) is 6.92 Å². The van der Waals surface area contributed by atoms with E-state index in [0.29, 0.717) is 11.5 Å². The zero-order chi connectivity index (χ0) is 23.7. The summed E-state index contributed by atoms with van der Waals surface area (Å²) in [6.07, 6.45) is 0. The van der Waals surface area contributed by atoms with Gasteiger partial charge in [0.1, 0.15) is 11.0 Å². The molecule has 7 nitrogen and oxygen atoms in total. The number of nitrogens with zero attached hydrogens (tertiary/aromatic N) is 4. The molecule has 0 saturated heterocycles. The van der Waals surface area contributed by atoms with Gasteiger partial charge in [-0.15, -0.1) is 0 Å². The van der Waals surface area contributed by atoms with Gasteiger partial charge in [0.05, 0.1) is 17.2 Å². The molecule has 0 amide bonds. The highest BCUT2D eigenvalue weighted by Gasteiger charge is 2.20. The van der Waals surface area contributed by atoms with Crippen LogP contribution in [0.3, 0.4) is 0 Å². The molecule has 33 heavy (non-hydrogen) atoms. The number of anilines is 2. The SMILES string of the molecule is Cc1cc(C(C)Nc2ccc(Cl)nc2C(=O)O)c2nc(-c3ccccc3)nc(N(C)C)c2c1. The molecule has 0 fully saturated rings. The number of halogens is 1. The van der Waals surface area contributed by atoms with Crippen LogP contribution in [0.15, 0.2) is 54.6 Å². The predicted octanol–water partition coefficient (Wildman–Crippen LogP) is 5.59. The first kappa shape index (κ1) is 22.5. The van der Waals surface area contributed by atoms with Crippen molar-refractivity contribution in [1.82, 2.24) is 15.0 Å². The standard InChI is InChI=1S/C25H24ClN5O2/c1-14-12-17(15(2)27-19-10-11-20(26)28-22(19)25(32)33)21-18(13-14)24(31(3)4)30-23(29-21)16-8-6-5-7-9-16/h5-13,15,27H,1-4H3,(H,32,33). The lowest BCUT2D eigenvalue weighted by Gasteiger charge is -2.22. The maximum absolute atomic E-state index is 11.7. The first-order valence-electron chi connectivity index (χ1n) is 10.5. The normalized spacial score (nSPS) is 11.9. The Balaban J connectivity index is 1.89. The summed E-state index contributed by atoms with van der Waals surface area (Å²) < 4.78 is 0. The fourth-order valence-electron chi connectivity index (χ4n) is 3.81. The van der Waals surface area contributed by atoms with Crippen molar-refractivity contribution in [1.29, 1.82) is 0 Å². The monoisotopic (exact) mass is 461 g/mol. The molecule has 0 aliphatic rings. The summed E-state index contributed by atoms with van der Waals surface area (Å²) >= 11 is 5.91. The highest BCUT2D eigenvalue weighted by atomic mass is 35.5. The predicted molar refractivity (Wildman–Crippen MR) is 132 cm³/mol. The average molecular weight is 462 g/mol. The van der Waals surface area contributed by atoms with Crippen molar-refractivity contribution >= 4 is 40.0 Å². The molecule has 1 unspecified atom stereocenters. The molecule has 2 aromatic heterocycles. The minimum absolute atomic E-state index is 0.125. The Bertz CT molecular complexity index is 1340. The van der Waals surface area contributed by atoms with Gasteiger partial charge in [0.25, 0.3) is 0 Å². The number of carbonyl (C=O) groups is 1. The maximum atomic E-state index is 11.7. The number of carboxylic acid groups (broad SMARTS) is 1. The Labute approximate surface area is 197 Å². The van der Waals surface area contributed by atoms with E-state index in [2.05, 4.69) is 22.4 Å². The average Bonchev–Trinajstić information content (AvgIpc) is 2.79.